The van der Waals surface area contributed by atoms with Crippen LogP contribution < -0.4 is 20.1 Å². The molecule has 1 aromatic heterocycles. The Kier molecular flexibility index (Phi) is 12.2. The molecule has 1 heterocycles. The second-order valence-electron chi connectivity index (χ2n) is 11.9. The van der Waals surface area contributed by atoms with Crippen LogP contribution in [-0.2, 0) is 29.3 Å². The van der Waals surface area contributed by atoms with Crippen LogP contribution in [0.15, 0.2) is 102 Å². The van der Waals surface area contributed by atoms with Gasteiger partial charge in [-0.05, 0) is 46.7 Å². The number of carbonyl (C=O) groups is 2. The normalized spacial score (nSPS) is 11.0. The SMILES string of the molecule is CCNC(=O)c1noc(-c2cc(C(C)C)c(OCc3ccccc3)cc2OCc2ccccc2)c1-c1ccc(CNCCC(=O)OC)cc1. The van der Waals surface area contributed by atoms with Gasteiger partial charge in [0.2, 0.25) is 0 Å². The second kappa shape index (κ2) is 17.1. The third-order valence-corrected chi connectivity index (χ3v) is 8.00. The average molecular weight is 662 g/mol. The number of hydrogen-bond acceptors (Lipinski definition) is 8. The van der Waals surface area contributed by atoms with Crippen LogP contribution in [-0.4, -0.2) is 37.2 Å². The maximum absolute atomic E-state index is 13.3. The minimum Gasteiger partial charge on any atom is -0.488 e. The van der Waals surface area contributed by atoms with E-state index in [0.717, 1.165) is 27.8 Å². The third kappa shape index (κ3) is 9.15. The molecule has 0 atom stereocenters. The van der Waals surface area contributed by atoms with Crippen molar-refractivity contribution in [2.45, 2.75) is 52.9 Å². The number of hydrogen-bond donors (Lipinski definition) is 2. The first-order valence-electron chi connectivity index (χ1n) is 16.5. The summed E-state index contributed by atoms with van der Waals surface area (Å²) in [6.45, 7) is 8.30. The maximum atomic E-state index is 13.3. The standard InChI is InChI=1S/C40H43N3O6/c1-5-42-40(45)38-37(31-18-16-28(17-19-31)24-41-21-20-36(44)46-4)39(49-43-38)33-22-32(27(2)3)34(47-25-29-12-8-6-9-13-29)23-35(33)48-26-30-14-10-7-11-15-30/h6-19,22-23,27,41H,5,20-21,24-26H2,1-4H3,(H,42,45). The van der Waals surface area contributed by atoms with E-state index in [4.69, 9.17) is 18.7 Å². The highest BCUT2D eigenvalue weighted by Crippen LogP contribution is 2.44. The minimum absolute atomic E-state index is 0.105. The fraction of sp³-hybridized carbons (Fsp3) is 0.275. The molecule has 0 aliphatic heterocycles. The van der Waals surface area contributed by atoms with E-state index in [1.54, 1.807) is 0 Å². The second-order valence-corrected chi connectivity index (χ2v) is 11.9. The molecule has 2 N–H and O–H groups in total. The number of amides is 1. The van der Waals surface area contributed by atoms with E-state index in [1.807, 2.05) is 104 Å². The summed E-state index contributed by atoms with van der Waals surface area (Å²) in [7, 11) is 1.38. The fourth-order valence-corrected chi connectivity index (χ4v) is 5.38. The highest BCUT2D eigenvalue weighted by atomic mass is 16.5. The lowest BCUT2D eigenvalue weighted by molar-refractivity contribution is -0.140. The van der Waals surface area contributed by atoms with Crippen molar-refractivity contribution < 1.29 is 28.3 Å². The number of nitrogens with zero attached hydrogens (tertiary/aromatic N) is 1. The van der Waals surface area contributed by atoms with Crippen LogP contribution in [0.25, 0.3) is 22.5 Å². The first kappa shape index (κ1) is 34.9. The number of nitrogens with one attached hydrogen (secondary N) is 2. The molecule has 5 aromatic rings. The van der Waals surface area contributed by atoms with Crippen LogP contribution in [0, 0.1) is 0 Å². The quantitative estimate of drug-likeness (QED) is 0.0818. The van der Waals surface area contributed by atoms with E-state index in [1.165, 1.54) is 7.11 Å². The number of ether oxygens (including phenoxy) is 3. The lowest BCUT2D eigenvalue weighted by Crippen LogP contribution is -2.23. The van der Waals surface area contributed by atoms with Gasteiger partial charge >= 0.3 is 5.97 Å². The molecular formula is C40H43N3O6. The number of benzene rings is 4. The van der Waals surface area contributed by atoms with Crippen molar-refractivity contribution >= 4 is 11.9 Å². The van der Waals surface area contributed by atoms with Crippen LogP contribution in [0.2, 0.25) is 0 Å². The Morgan fingerprint density at radius 3 is 2.04 bits per heavy atom. The molecule has 0 spiro atoms. The van der Waals surface area contributed by atoms with Crippen molar-refractivity contribution in [3.05, 3.63) is 125 Å². The first-order valence-corrected chi connectivity index (χ1v) is 16.5. The summed E-state index contributed by atoms with van der Waals surface area (Å²) in [5.74, 6) is 1.18. The number of rotatable bonds is 16. The number of aromatic nitrogens is 1. The van der Waals surface area contributed by atoms with E-state index in [-0.39, 0.29) is 29.9 Å². The van der Waals surface area contributed by atoms with Crippen molar-refractivity contribution in [2.75, 3.05) is 20.2 Å². The van der Waals surface area contributed by atoms with E-state index in [2.05, 4.69) is 29.6 Å². The molecule has 254 valence electrons. The van der Waals surface area contributed by atoms with Crippen LogP contribution in [0.3, 0.4) is 0 Å². The van der Waals surface area contributed by atoms with Crippen LogP contribution in [0.4, 0.5) is 0 Å². The molecule has 0 bridgehead atoms. The number of esters is 1. The van der Waals surface area contributed by atoms with E-state index in [9.17, 15) is 9.59 Å². The highest BCUT2D eigenvalue weighted by molar-refractivity contribution is 6.02. The minimum atomic E-state index is -0.334. The monoisotopic (exact) mass is 661 g/mol. The summed E-state index contributed by atoms with van der Waals surface area (Å²) in [6, 6.07) is 31.7. The first-order chi connectivity index (χ1) is 23.9. The van der Waals surface area contributed by atoms with Crippen molar-refractivity contribution in [2.24, 2.45) is 0 Å². The molecule has 0 saturated heterocycles. The number of carbonyl (C=O) groups excluding carboxylic acids is 2. The topological polar surface area (TPSA) is 112 Å². The molecule has 9 nitrogen and oxygen atoms in total. The molecular weight excluding hydrogens is 618 g/mol. The smallest absolute Gasteiger partial charge is 0.306 e. The van der Waals surface area contributed by atoms with Gasteiger partial charge in [-0.2, -0.15) is 0 Å². The Bertz CT molecular complexity index is 1820. The van der Waals surface area contributed by atoms with Gasteiger partial charge in [0.25, 0.3) is 5.91 Å². The Morgan fingerprint density at radius 2 is 1.45 bits per heavy atom. The summed E-state index contributed by atoms with van der Waals surface area (Å²) >= 11 is 0. The molecule has 1 amide bonds. The van der Waals surface area contributed by atoms with Gasteiger partial charge in [-0.25, -0.2) is 0 Å². The highest BCUT2D eigenvalue weighted by Gasteiger charge is 2.28. The lowest BCUT2D eigenvalue weighted by atomic mass is 9.93. The predicted molar refractivity (Wildman–Crippen MR) is 189 cm³/mol. The van der Waals surface area contributed by atoms with Gasteiger partial charge in [-0.15, -0.1) is 0 Å². The van der Waals surface area contributed by atoms with Crippen LogP contribution >= 0.6 is 0 Å². The molecule has 49 heavy (non-hydrogen) atoms. The maximum Gasteiger partial charge on any atom is 0.306 e. The Labute approximate surface area is 287 Å². The van der Waals surface area contributed by atoms with Crippen molar-refractivity contribution in [1.29, 1.82) is 0 Å². The molecule has 0 aliphatic carbocycles. The van der Waals surface area contributed by atoms with Gasteiger partial charge in [0.15, 0.2) is 11.5 Å². The predicted octanol–water partition coefficient (Wildman–Crippen LogP) is 7.69. The van der Waals surface area contributed by atoms with Crippen molar-refractivity contribution in [3.63, 3.8) is 0 Å². The molecule has 0 unspecified atom stereocenters. The number of methoxy groups -OCH3 is 1. The lowest BCUT2D eigenvalue weighted by Gasteiger charge is -2.19. The average Bonchev–Trinajstić information content (AvgIpc) is 3.57. The van der Waals surface area contributed by atoms with Gasteiger partial charge in [0.05, 0.1) is 24.7 Å². The third-order valence-electron chi connectivity index (χ3n) is 8.00. The Hall–Kier alpha value is -5.41. The molecule has 4 aromatic carbocycles. The van der Waals surface area contributed by atoms with Crippen molar-refractivity contribution in [3.8, 4) is 33.9 Å². The zero-order valence-electron chi connectivity index (χ0n) is 28.5. The van der Waals surface area contributed by atoms with Gasteiger partial charge in [0, 0.05) is 25.7 Å². The molecule has 0 radical (unpaired) electrons. The van der Waals surface area contributed by atoms with E-state index < -0.39 is 0 Å². The van der Waals surface area contributed by atoms with Gasteiger partial charge in [-0.1, -0.05) is 104 Å². The summed E-state index contributed by atoms with van der Waals surface area (Å²) < 4.78 is 23.7. The van der Waals surface area contributed by atoms with Gasteiger partial charge in [-0.3, -0.25) is 9.59 Å². The zero-order valence-corrected chi connectivity index (χ0v) is 28.5. The van der Waals surface area contributed by atoms with E-state index in [0.29, 0.717) is 61.2 Å². The van der Waals surface area contributed by atoms with Crippen molar-refractivity contribution in [1.82, 2.24) is 15.8 Å². The molecule has 0 aliphatic rings. The summed E-state index contributed by atoms with van der Waals surface area (Å²) in [6.07, 6.45) is 0.289. The Balaban J connectivity index is 1.56. The zero-order chi connectivity index (χ0) is 34.6. The van der Waals surface area contributed by atoms with Gasteiger partial charge < -0.3 is 29.4 Å². The Morgan fingerprint density at radius 1 is 0.816 bits per heavy atom. The molecule has 5 rings (SSSR count). The van der Waals surface area contributed by atoms with Gasteiger partial charge in [0.1, 0.15) is 24.7 Å². The largest absolute Gasteiger partial charge is 0.488 e. The fourth-order valence-electron chi connectivity index (χ4n) is 5.38. The summed E-state index contributed by atoms with van der Waals surface area (Å²) in [5.41, 5.74) is 6.22. The molecule has 0 fully saturated rings. The summed E-state index contributed by atoms with van der Waals surface area (Å²) in [5, 5.41) is 10.4. The molecule has 9 heteroatoms. The van der Waals surface area contributed by atoms with Crippen LogP contribution in [0.5, 0.6) is 11.5 Å². The van der Waals surface area contributed by atoms with E-state index >= 15 is 0 Å². The van der Waals surface area contributed by atoms with Crippen LogP contribution in [0.1, 0.15) is 65.9 Å². The summed E-state index contributed by atoms with van der Waals surface area (Å²) in [4.78, 5) is 24.8. The molecule has 0 saturated carbocycles.